The highest BCUT2D eigenvalue weighted by Gasteiger charge is 2.66. The highest BCUT2D eigenvalue weighted by atomic mass is 31.2. The molecule has 15 atom stereocenters. The second-order valence-corrected chi connectivity index (χ2v) is 31.6. The highest BCUT2D eigenvalue weighted by Crippen LogP contribution is 2.63. The number of azide groups is 1. The lowest BCUT2D eigenvalue weighted by Crippen LogP contribution is -2.56. The Balaban J connectivity index is 1.08. The fraction of sp³-hybridized carbons (Fsp3) is 0.662. The van der Waals surface area contributed by atoms with Crippen molar-refractivity contribution in [1.82, 2.24) is 25.5 Å². The van der Waals surface area contributed by atoms with E-state index in [1.807, 2.05) is 80.5 Å². The molecule has 2 fully saturated rings. The molecule has 17 N–H and O–H groups in total. The number of aryl methyl sites for hydroxylation is 2. The number of phosphoric acid groups is 1. The Morgan fingerprint density at radius 3 is 2.00 bits per heavy atom. The quantitative estimate of drug-likeness (QED) is 0.0146. The second-order valence-electron chi connectivity index (χ2n) is 30.2. The third-order valence-electron chi connectivity index (χ3n) is 22.5. The molecule has 35 nitrogen and oxygen atoms in total. The SMILES string of the molecule is CC1=C2N=C(C=C3N/C(=C(/C)C4=N[C@@](C)([C@@H]5N=C1[C@](C)(CCC(=O)NC[C@@H](C)OP(=O)(O)O[C@H]1[C@@H](O)[C@@H](n6cnc7cc(C)c(C)cc76)O[C@@H]1COC(=O)NCCOCCOCCOCCN=[N+]=[N-])[C@H]5CC(N)=O)[C@@](C)(CC(N)=O)[C@@H]4CCC(N)=O)[C@@](C)(CC(N)=O)[C@@H]3CCC(N)=O)C(C)(C)[C@@H]2CCC(N)=O. The molecule has 0 radical (unpaired) electrons. The Kier molecular flexibility index (Phi) is 27.4. The van der Waals surface area contributed by atoms with E-state index in [-0.39, 0.29) is 123 Å². The van der Waals surface area contributed by atoms with Gasteiger partial charge >= 0.3 is 13.9 Å². The van der Waals surface area contributed by atoms with Gasteiger partial charge in [-0.15, -0.1) is 0 Å². The van der Waals surface area contributed by atoms with Gasteiger partial charge in [-0.2, -0.15) is 0 Å². The number of aliphatic hydroxyl groups is 1. The first kappa shape index (κ1) is 84.1. The average molecular weight is 1520 g/mol. The molecule has 6 aliphatic rings. The van der Waals surface area contributed by atoms with Crippen molar-refractivity contribution in [3.05, 3.63) is 74.3 Å². The summed E-state index contributed by atoms with van der Waals surface area (Å²) in [6, 6.07) is 2.62. The van der Waals surface area contributed by atoms with Gasteiger partial charge in [-0.3, -0.25) is 57.6 Å². The van der Waals surface area contributed by atoms with Gasteiger partial charge in [-0.05, 0) is 113 Å². The Morgan fingerprint density at radius 1 is 0.776 bits per heavy atom. The molecule has 0 spiro atoms. The number of amides is 8. The van der Waals surface area contributed by atoms with Crippen LogP contribution in [0.4, 0.5) is 4.79 Å². The molecule has 36 heteroatoms. The normalized spacial score (nSPS) is 29.3. The van der Waals surface area contributed by atoms with Gasteiger partial charge in [-0.25, -0.2) is 14.3 Å². The third-order valence-corrected chi connectivity index (χ3v) is 23.6. The Hall–Kier alpha value is -8.50. The maximum atomic E-state index is 14.6. The summed E-state index contributed by atoms with van der Waals surface area (Å²) < 4.78 is 55.1. The van der Waals surface area contributed by atoms with E-state index in [1.165, 1.54) is 17.8 Å². The van der Waals surface area contributed by atoms with Crippen molar-refractivity contribution in [1.29, 1.82) is 0 Å². The molecular formula is C71H106N17O18P. The van der Waals surface area contributed by atoms with Crippen LogP contribution in [0.2, 0.25) is 0 Å². The monoisotopic (exact) mass is 1520 g/mol. The predicted molar refractivity (Wildman–Crippen MR) is 392 cm³/mol. The first-order valence-corrected chi connectivity index (χ1v) is 37.5. The van der Waals surface area contributed by atoms with Crippen molar-refractivity contribution in [2.24, 2.45) is 99.8 Å². The topological polar surface area (TPSA) is 555 Å². The van der Waals surface area contributed by atoms with E-state index >= 15 is 0 Å². The van der Waals surface area contributed by atoms with Crippen LogP contribution < -0.4 is 50.4 Å². The minimum atomic E-state index is -5.24. The number of nitrogens with one attached hydrogen (secondary N) is 3. The van der Waals surface area contributed by atoms with Gasteiger partial charge in [0.15, 0.2) is 6.23 Å². The number of nitrogens with zero attached hydrogens (tertiary/aromatic N) is 8. The zero-order valence-corrected chi connectivity index (χ0v) is 63.7. The zero-order chi connectivity index (χ0) is 78.9. The van der Waals surface area contributed by atoms with Crippen LogP contribution in [0.25, 0.3) is 21.5 Å². The summed E-state index contributed by atoms with van der Waals surface area (Å²) in [4.78, 5) is 143. The number of fused-ring (bicyclic) bond motifs is 7. The van der Waals surface area contributed by atoms with E-state index in [1.54, 1.807) is 6.92 Å². The first-order valence-electron chi connectivity index (χ1n) is 36.0. The number of carbonyl (C=O) groups excluding carboxylic acids is 8. The molecule has 8 rings (SSSR count). The Bertz CT molecular complexity index is 4050. The van der Waals surface area contributed by atoms with Gasteiger partial charge in [0.2, 0.25) is 41.4 Å². The van der Waals surface area contributed by atoms with Crippen LogP contribution in [0.15, 0.2) is 72.9 Å². The summed E-state index contributed by atoms with van der Waals surface area (Å²) in [5.74, 6) is -7.43. The van der Waals surface area contributed by atoms with Crippen LogP contribution in [0, 0.1) is 59.2 Å². The number of carbonyl (C=O) groups is 8. The molecule has 588 valence electrons. The summed E-state index contributed by atoms with van der Waals surface area (Å²) in [6.45, 7) is 20.7. The number of phosphoric ester groups is 1. The summed E-state index contributed by atoms with van der Waals surface area (Å²) >= 11 is 0. The Labute approximate surface area is 621 Å². The van der Waals surface area contributed by atoms with Crippen LogP contribution in [0.3, 0.4) is 0 Å². The number of allylic oxidation sites excluding steroid dienone is 6. The van der Waals surface area contributed by atoms with E-state index < -0.39 is 149 Å². The fourth-order valence-electron chi connectivity index (χ4n) is 16.6. The minimum Gasteiger partial charge on any atom is -0.447 e. The molecule has 1 aromatic carbocycles. The molecule has 7 heterocycles. The number of ether oxygens (including phenoxy) is 5. The molecule has 2 saturated heterocycles. The number of imidazole rings is 1. The lowest BCUT2D eigenvalue weighted by molar-refractivity contribution is -0.124. The maximum Gasteiger partial charge on any atom is 0.472 e. The summed E-state index contributed by atoms with van der Waals surface area (Å²) in [5.41, 5.74) is 45.4. The van der Waals surface area contributed by atoms with Crippen LogP contribution in [-0.4, -0.2) is 186 Å². The zero-order valence-electron chi connectivity index (χ0n) is 62.8. The molecule has 107 heavy (non-hydrogen) atoms. The van der Waals surface area contributed by atoms with Crippen molar-refractivity contribution >= 4 is 83.4 Å². The minimum absolute atomic E-state index is 0.0189. The van der Waals surface area contributed by atoms with E-state index in [9.17, 15) is 52.9 Å². The molecule has 6 aliphatic heterocycles. The first-order chi connectivity index (χ1) is 50.2. The van der Waals surface area contributed by atoms with E-state index in [0.29, 0.717) is 63.0 Å². The van der Waals surface area contributed by atoms with Crippen molar-refractivity contribution < 1.29 is 85.7 Å². The smallest absolute Gasteiger partial charge is 0.447 e. The van der Waals surface area contributed by atoms with Crippen LogP contribution in [-0.2, 0) is 70.9 Å². The number of aliphatic imine (C=N–C) groups is 3. The standard InChI is InChI=1S/C71H106N17O18P/c1-37-28-47-48(29-38(37)2)88(36-81-47)65-60(96)61(49(104-65)35-103-66(97)79-20-22-100-24-26-102-27-25-101-23-21-82-87-78)106-107(98,99)105-39(3)34-80-57(95)18-19-68(8)45(30-54(75)92)64-71(11)70(10,33-56(77)94)44(14-17-53(74)91)59(86-71)41(5)63-69(9,32-55(76)93)42(12-15-51(72)89)46(83-63)31-50-67(6,7)43(13-16-52(73)90)58(84-50)40(4)62(68)85-64/h28-29,31,36,39,42-45,49,60-61,64-65,83,96H,12-27,30,32-35H2,1-11H3,(H2,72,89)(H2,73,90)(H2,74,91)(H2,75,92)(H2,76,93)(H2,77,94)(H,79,97)(H,80,95)(H,98,99)/b46-31?,58-40?,63-41-/t39-,42-,43-,44-,45+,49-,60-,61-,64-,65+,68-,69+,70+,71+/m1/s1. The summed E-state index contributed by atoms with van der Waals surface area (Å²) in [6.07, 6.45) is -6.05. The van der Waals surface area contributed by atoms with Crippen molar-refractivity contribution in [2.45, 2.75) is 189 Å². The van der Waals surface area contributed by atoms with Gasteiger partial charge in [0.05, 0.1) is 74.7 Å². The second kappa shape index (κ2) is 34.8. The molecule has 0 aliphatic carbocycles. The van der Waals surface area contributed by atoms with Crippen molar-refractivity contribution in [3.8, 4) is 0 Å². The van der Waals surface area contributed by atoms with E-state index in [4.69, 9.17) is 87.6 Å². The summed E-state index contributed by atoms with van der Waals surface area (Å²) in [5, 5.41) is 24.4. The van der Waals surface area contributed by atoms with Gasteiger partial charge in [0.1, 0.15) is 24.9 Å². The largest absolute Gasteiger partial charge is 0.472 e. The molecule has 8 amide bonds. The molecule has 8 bridgehead atoms. The number of hydrogen-bond acceptors (Lipinski definition) is 23. The van der Waals surface area contributed by atoms with Crippen molar-refractivity contribution in [3.63, 3.8) is 0 Å². The van der Waals surface area contributed by atoms with Gasteiger partial charge < -0.3 is 88.6 Å². The van der Waals surface area contributed by atoms with Crippen LogP contribution >= 0.6 is 7.82 Å². The lowest BCUT2D eigenvalue weighted by Gasteiger charge is -2.48. The fourth-order valence-corrected chi connectivity index (χ4v) is 17.7. The molecule has 1 unspecified atom stereocenters. The molecular weight excluding hydrogens is 1410 g/mol. The highest BCUT2D eigenvalue weighted by molar-refractivity contribution is 7.47. The average Bonchev–Trinajstić information content (AvgIpc) is 1.53. The number of aliphatic hydroxyl groups excluding tert-OH is 1. The number of primary amides is 6. The van der Waals surface area contributed by atoms with E-state index in [0.717, 1.165) is 11.1 Å². The molecule has 1 aromatic heterocycles. The van der Waals surface area contributed by atoms with E-state index in [2.05, 4.69) is 31.0 Å². The van der Waals surface area contributed by atoms with Crippen LogP contribution in [0.1, 0.15) is 150 Å². The molecule has 2 aromatic rings. The molecule has 0 saturated carbocycles. The van der Waals surface area contributed by atoms with Gasteiger partial charge in [0.25, 0.3) is 0 Å². The number of benzene rings is 1. The lowest BCUT2D eigenvalue weighted by atomic mass is 9.55. The van der Waals surface area contributed by atoms with Gasteiger partial charge in [0, 0.05) is 149 Å². The number of alkyl carbamates (subject to hydrolysis) is 1. The number of aromatic nitrogens is 2. The van der Waals surface area contributed by atoms with Crippen molar-refractivity contribution in [2.75, 3.05) is 65.9 Å². The predicted octanol–water partition coefficient (Wildman–Crippen LogP) is 4.26. The number of nitrogens with two attached hydrogens (primary N) is 6. The number of rotatable bonds is 39. The number of hydrogen-bond donors (Lipinski definition) is 11. The van der Waals surface area contributed by atoms with Gasteiger partial charge in [-0.1, -0.05) is 39.7 Å². The third kappa shape index (κ3) is 19.0. The Morgan fingerprint density at radius 2 is 1.38 bits per heavy atom. The van der Waals surface area contributed by atoms with Crippen LogP contribution in [0.5, 0.6) is 0 Å². The summed E-state index contributed by atoms with van der Waals surface area (Å²) in [7, 11) is -5.24. The maximum absolute atomic E-state index is 14.6.